The zero-order valence-electron chi connectivity index (χ0n) is 17.8. The first-order valence-electron chi connectivity index (χ1n) is 9.80. The van der Waals surface area contributed by atoms with Gasteiger partial charge in [0.2, 0.25) is 5.91 Å². The molecular weight excluding hydrogens is 346 g/mol. The lowest BCUT2D eigenvalue weighted by atomic mass is 9.56. The third-order valence-corrected chi connectivity index (χ3v) is 6.28. The lowest BCUT2D eigenvalue weighted by Crippen LogP contribution is -2.69. The van der Waals surface area contributed by atoms with Gasteiger partial charge in [-0.3, -0.25) is 9.69 Å². The molecule has 0 bridgehead atoms. The summed E-state index contributed by atoms with van der Waals surface area (Å²) in [5, 5.41) is 6.90. The number of ether oxygens (including phenoxy) is 2. The maximum atomic E-state index is 11.9. The highest BCUT2D eigenvalue weighted by atomic mass is 16.5. The lowest BCUT2D eigenvalue weighted by molar-refractivity contribution is -0.176. The molecule has 0 radical (unpaired) electrons. The molecule has 1 heterocycles. The molecule has 8 heteroatoms. The van der Waals surface area contributed by atoms with Gasteiger partial charge in [0.1, 0.15) is 6.54 Å². The van der Waals surface area contributed by atoms with Gasteiger partial charge in [-0.05, 0) is 13.3 Å². The summed E-state index contributed by atoms with van der Waals surface area (Å²) in [5.74, 6) is 0.675. The normalized spacial score (nSPS) is 28.4. The third kappa shape index (κ3) is 5.33. The molecule has 1 saturated heterocycles. The molecule has 1 aliphatic heterocycles. The minimum absolute atomic E-state index is 0.0149. The molecule has 27 heavy (non-hydrogen) atoms. The van der Waals surface area contributed by atoms with Crippen LogP contribution in [0.25, 0.3) is 0 Å². The molecule has 2 unspecified atom stereocenters. The molecule has 1 amide bonds. The first-order valence-corrected chi connectivity index (χ1v) is 9.80. The summed E-state index contributed by atoms with van der Waals surface area (Å²) in [6, 6.07) is 0.242. The Labute approximate surface area is 163 Å². The van der Waals surface area contributed by atoms with Crippen LogP contribution in [0.4, 0.5) is 0 Å². The van der Waals surface area contributed by atoms with Gasteiger partial charge in [-0.2, -0.15) is 0 Å². The van der Waals surface area contributed by atoms with Crippen LogP contribution in [-0.4, -0.2) is 100 Å². The lowest BCUT2D eigenvalue weighted by Gasteiger charge is -2.59. The van der Waals surface area contributed by atoms with Crippen LogP contribution >= 0.6 is 0 Å². The fourth-order valence-corrected chi connectivity index (χ4v) is 3.49. The van der Waals surface area contributed by atoms with Crippen molar-refractivity contribution in [3.8, 4) is 0 Å². The summed E-state index contributed by atoms with van der Waals surface area (Å²) in [4.78, 5) is 20.4. The number of guanidine groups is 1. The molecule has 0 aromatic carbocycles. The highest BCUT2D eigenvalue weighted by Crippen LogP contribution is 2.51. The van der Waals surface area contributed by atoms with E-state index in [1.165, 1.54) is 0 Å². The van der Waals surface area contributed by atoms with Crippen LogP contribution in [0.2, 0.25) is 0 Å². The van der Waals surface area contributed by atoms with Gasteiger partial charge in [0.15, 0.2) is 5.96 Å². The van der Waals surface area contributed by atoms with Crippen molar-refractivity contribution >= 4 is 11.9 Å². The Bertz CT molecular complexity index is 531. The molecule has 2 rings (SSSR count). The van der Waals surface area contributed by atoms with E-state index in [4.69, 9.17) is 9.47 Å². The van der Waals surface area contributed by atoms with E-state index in [1.54, 1.807) is 26.1 Å². The number of carbonyl (C=O) groups excluding carboxylic acids is 1. The number of hydrogen-bond acceptors (Lipinski definition) is 5. The zero-order chi connectivity index (χ0) is 20.1. The van der Waals surface area contributed by atoms with E-state index in [-0.39, 0.29) is 29.5 Å². The van der Waals surface area contributed by atoms with Crippen LogP contribution in [0, 0.1) is 5.41 Å². The third-order valence-electron chi connectivity index (χ3n) is 6.28. The highest BCUT2D eigenvalue weighted by Gasteiger charge is 2.58. The number of hydrogen-bond donors (Lipinski definition) is 2. The van der Waals surface area contributed by atoms with Crippen molar-refractivity contribution < 1.29 is 14.3 Å². The number of morpholine rings is 1. The van der Waals surface area contributed by atoms with E-state index in [0.717, 1.165) is 45.8 Å². The summed E-state index contributed by atoms with van der Waals surface area (Å²) >= 11 is 0. The largest absolute Gasteiger partial charge is 0.379 e. The number of amides is 1. The van der Waals surface area contributed by atoms with Crippen molar-refractivity contribution in [2.45, 2.75) is 38.8 Å². The number of nitrogens with zero attached hydrogens (tertiary/aromatic N) is 3. The second-order valence-corrected chi connectivity index (χ2v) is 8.39. The molecule has 8 nitrogen and oxygen atoms in total. The Morgan fingerprint density at radius 3 is 2.52 bits per heavy atom. The van der Waals surface area contributed by atoms with Crippen LogP contribution in [-0.2, 0) is 14.3 Å². The summed E-state index contributed by atoms with van der Waals surface area (Å²) in [5.41, 5.74) is -0.178. The van der Waals surface area contributed by atoms with Gasteiger partial charge >= 0.3 is 0 Å². The minimum atomic E-state index is -0.150. The fraction of sp³-hybridized carbons (Fsp3) is 0.895. The van der Waals surface area contributed by atoms with Crippen molar-refractivity contribution in [2.24, 2.45) is 10.4 Å². The fourth-order valence-electron chi connectivity index (χ4n) is 3.49. The smallest absolute Gasteiger partial charge is 0.243 e. The SMILES string of the molecule is COC1(C)CC(NC(=NCC(=O)N(C)C)NCCN2CCOCC2)C1(C)C. The van der Waals surface area contributed by atoms with E-state index in [2.05, 4.69) is 41.3 Å². The maximum Gasteiger partial charge on any atom is 0.243 e. The molecular formula is C19H37N5O3. The average Bonchev–Trinajstić information content (AvgIpc) is 2.65. The Hall–Kier alpha value is -1.38. The Kier molecular flexibility index (Phi) is 7.47. The van der Waals surface area contributed by atoms with Crippen molar-refractivity contribution in [3.05, 3.63) is 0 Å². The van der Waals surface area contributed by atoms with Crippen LogP contribution < -0.4 is 10.6 Å². The van der Waals surface area contributed by atoms with Crippen molar-refractivity contribution in [2.75, 3.05) is 67.1 Å². The van der Waals surface area contributed by atoms with E-state index >= 15 is 0 Å². The van der Waals surface area contributed by atoms with Gasteiger partial charge in [0.25, 0.3) is 0 Å². The number of aliphatic imine (C=N–C) groups is 1. The van der Waals surface area contributed by atoms with Gasteiger partial charge in [-0.25, -0.2) is 4.99 Å². The average molecular weight is 384 g/mol. The summed E-state index contributed by atoms with van der Waals surface area (Å²) in [6.45, 7) is 11.9. The molecule has 156 valence electrons. The quantitative estimate of drug-likeness (QED) is 0.481. The summed E-state index contributed by atoms with van der Waals surface area (Å²) < 4.78 is 11.1. The van der Waals surface area contributed by atoms with Gasteiger partial charge < -0.3 is 25.0 Å². The standard InChI is InChI=1S/C19H37N5O3/c1-18(2)15(13-19(18,3)26-6)22-17(21-14-16(25)23(4)5)20-7-8-24-9-11-27-12-10-24/h15H,7-14H2,1-6H3,(H2,20,21,22). The van der Waals surface area contributed by atoms with Crippen LogP contribution in [0.1, 0.15) is 27.2 Å². The Morgan fingerprint density at radius 2 is 1.96 bits per heavy atom. The topological polar surface area (TPSA) is 78.4 Å². The van der Waals surface area contributed by atoms with Crippen molar-refractivity contribution in [1.82, 2.24) is 20.4 Å². The van der Waals surface area contributed by atoms with E-state index in [9.17, 15) is 4.79 Å². The Balaban J connectivity index is 1.93. The second kappa shape index (κ2) is 9.21. The monoisotopic (exact) mass is 383 g/mol. The summed E-state index contributed by atoms with van der Waals surface area (Å²) in [6.07, 6.45) is 0.905. The van der Waals surface area contributed by atoms with Crippen molar-refractivity contribution in [1.29, 1.82) is 0 Å². The predicted molar refractivity (Wildman–Crippen MR) is 107 cm³/mol. The maximum absolute atomic E-state index is 11.9. The first kappa shape index (κ1) is 21.9. The van der Waals surface area contributed by atoms with E-state index in [1.807, 2.05) is 0 Å². The molecule has 2 atom stereocenters. The number of likely N-dealkylation sites (N-methyl/N-ethyl adjacent to an activating group) is 1. The molecule has 0 aromatic heterocycles. The van der Waals surface area contributed by atoms with Crippen LogP contribution in [0.3, 0.4) is 0 Å². The van der Waals surface area contributed by atoms with Gasteiger partial charge in [-0.1, -0.05) is 13.8 Å². The zero-order valence-corrected chi connectivity index (χ0v) is 17.8. The second-order valence-electron chi connectivity index (χ2n) is 8.39. The van der Waals surface area contributed by atoms with E-state index < -0.39 is 0 Å². The first-order chi connectivity index (χ1) is 12.7. The van der Waals surface area contributed by atoms with Gasteiger partial charge in [0.05, 0.1) is 18.8 Å². The van der Waals surface area contributed by atoms with Gasteiger partial charge in [-0.15, -0.1) is 0 Å². The predicted octanol–water partition coefficient (Wildman–Crippen LogP) is 0.146. The van der Waals surface area contributed by atoms with Crippen LogP contribution in [0.15, 0.2) is 4.99 Å². The van der Waals surface area contributed by atoms with Crippen LogP contribution in [0.5, 0.6) is 0 Å². The minimum Gasteiger partial charge on any atom is -0.379 e. The summed E-state index contributed by atoms with van der Waals surface area (Å²) in [7, 11) is 5.26. The Morgan fingerprint density at radius 1 is 1.30 bits per heavy atom. The molecule has 2 aliphatic rings. The molecule has 2 fully saturated rings. The number of methoxy groups -OCH3 is 1. The molecule has 0 spiro atoms. The number of nitrogens with one attached hydrogen (secondary N) is 2. The molecule has 0 aromatic rings. The number of rotatable bonds is 7. The number of carbonyl (C=O) groups is 1. The molecule has 1 saturated carbocycles. The van der Waals surface area contributed by atoms with Crippen molar-refractivity contribution in [3.63, 3.8) is 0 Å². The molecule has 1 aliphatic carbocycles. The highest BCUT2D eigenvalue weighted by molar-refractivity contribution is 5.85. The van der Waals surface area contributed by atoms with E-state index in [0.29, 0.717) is 5.96 Å². The molecule has 2 N–H and O–H groups in total. The van der Waals surface area contributed by atoms with Gasteiger partial charge in [0, 0.05) is 58.8 Å².